The van der Waals surface area contributed by atoms with Crippen LogP contribution < -0.4 is 9.80 Å². The molecule has 3 rings (SSSR count). The molecule has 25 heavy (non-hydrogen) atoms. The van der Waals surface area contributed by atoms with Gasteiger partial charge in [0.15, 0.2) is 5.82 Å². The zero-order valence-corrected chi connectivity index (χ0v) is 16.0. The minimum atomic E-state index is 0.251. The van der Waals surface area contributed by atoms with Crippen molar-refractivity contribution < 1.29 is 9.47 Å². The number of anilines is 2. The third-order valence-electron chi connectivity index (χ3n) is 4.92. The van der Waals surface area contributed by atoms with Gasteiger partial charge in [-0.25, -0.2) is 4.98 Å². The van der Waals surface area contributed by atoms with E-state index in [-0.39, 0.29) is 12.2 Å². The van der Waals surface area contributed by atoms with Crippen molar-refractivity contribution in [2.75, 3.05) is 50.2 Å². The lowest BCUT2D eigenvalue weighted by Crippen LogP contribution is -2.36. The standard InChI is InChI=1S/C18H29ClN4O2/c1-22(12-14-7-3-5-9-24-14)17-16(19)11-20-18(21-17)23(2)13-15-8-4-6-10-25-15/h11,14-15H,3-10,12-13H2,1-2H3/t14-,15-/m0/s1. The molecule has 3 heterocycles. The second kappa shape index (κ2) is 9.01. The number of nitrogens with zero attached hydrogens (tertiary/aromatic N) is 4. The Hall–Kier alpha value is -1.11. The van der Waals surface area contributed by atoms with Crippen molar-refractivity contribution in [2.24, 2.45) is 0 Å². The lowest BCUT2D eigenvalue weighted by atomic mass is 10.1. The predicted molar refractivity (Wildman–Crippen MR) is 101 cm³/mol. The first-order chi connectivity index (χ1) is 12.1. The van der Waals surface area contributed by atoms with E-state index in [0.29, 0.717) is 11.0 Å². The molecule has 2 atom stereocenters. The molecular weight excluding hydrogens is 340 g/mol. The molecule has 0 bridgehead atoms. The van der Waals surface area contributed by atoms with E-state index in [1.54, 1.807) is 6.20 Å². The van der Waals surface area contributed by atoms with E-state index < -0.39 is 0 Å². The molecule has 7 heteroatoms. The minimum Gasteiger partial charge on any atom is -0.376 e. The Labute approximate surface area is 155 Å². The van der Waals surface area contributed by atoms with Crippen LogP contribution in [0.1, 0.15) is 38.5 Å². The zero-order valence-electron chi connectivity index (χ0n) is 15.3. The summed E-state index contributed by atoms with van der Waals surface area (Å²) < 4.78 is 11.7. The highest BCUT2D eigenvalue weighted by Gasteiger charge is 2.21. The molecule has 0 aliphatic carbocycles. The molecule has 2 fully saturated rings. The highest BCUT2D eigenvalue weighted by molar-refractivity contribution is 6.32. The maximum atomic E-state index is 6.35. The molecular formula is C18H29ClN4O2. The molecule has 1 aromatic heterocycles. The summed E-state index contributed by atoms with van der Waals surface area (Å²) in [4.78, 5) is 13.2. The molecule has 2 saturated heterocycles. The summed E-state index contributed by atoms with van der Waals surface area (Å²) in [6.07, 6.45) is 9.18. The van der Waals surface area contributed by atoms with Gasteiger partial charge in [-0.05, 0) is 38.5 Å². The van der Waals surface area contributed by atoms with Crippen LogP contribution in [0.15, 0.2) is 6.20 Å². The van der Waals surface area contributed by atoms with E-state index in [1.807, 2.05) is 14.1 Å². The molecule has 0 unspecified atom stereocenters. The monoisotopic (exact) mass is 368 g/mol. The number of ether oxygens (including phenoxy) is 2. The molecule has 0 amide bonds. The van der Waals surface area contributed by atoms with E-state index in [4.69, 9.17) is 26.1 Å². The number of hydrogen-bond donors (Lipinski definition) is 0. The van der Waals surface area contributed by atoms with Crippen molar-refractivity contribution in [3.63, 3.8) is 0 Å². The fourth-order valence-electron chi connectivity index (χ4n) is 3.48. The lowest BCUT2D eigenvalue weighted by molar-refractivity contribution is 0.0214. The van der Waals surface area contributed by atoms with Gasteiger partial charge in [-0.3, -0.25) is 0 Å². The molecule has 2 aliphatic rings. The van der Waals surface area contributed by atoms with Crippen LogP contribution >= 0.6 is 11.6 Å². The Bertz CT molecular complexity index is 548. The highest BCUT2D eigenvalue weighted by atomic mass is 35.5. The Morgan fingerprint density at radius 1 is 1.00 bits per heavy atom. The van der Waals surface area contributed by atoms with Gasteiger partial charge in [0, 0.05) is 40.4 Å². The van der Waals surface area contributed by atoms with Crippen molar-refractivity contribution >= 4 is 23.4 Å². The maximum absolute atomic E-state index is 6.35. The summed E-state index contributed by atoms with van der Waals surface area (Å²) in [5, 5.41) is 0.573. The number of hydrogen-bond acceptors (Lipinski definition) is 6. The summed E-state index contributed by atoms with van der Waals surface area (Å²) in [5.74, 6) is 1.45. The summed E-state index contributed by atoms with van der Waals surface area (Å²) in [5.41, 5.74) is 0. The molecule has 0 aromatic carbocycles. The van der Waals surface area contributed by atoms with E-state index in [9.17, 15) is 0 Å². The molecule has 0 saturated carbocycles. The Balaban J connectivity index is 1.64. The summed E-state index contributed by atoms with van der Waals surface area (Å²) >= 11 is 6.35. The second-order valence-corrected chi connectivity index (χ2v) is 7.49. The van der Waals surface area contributed by atoms with Crippen molar-refractivity contribution in [2.45, 2.75) is 50.7 Å². The molecule has 1 aromatic rings. The largest absolute Gasteiger partial charge is 0.376 e. The first-order valence-corrected chi connectivity index (χ1v) is 9.69. The van der Waals surface area contributed by atoms with E-state index in [0.717, 1.165) is 57.8 Å². The van der Waals surface area contributed by atoms with Gasteiger partial charge >= 0.3 is 0 Å². The molecule has 2 aliphatic heterocycles. The van der Waals surface area contributed by atoms with Crippen molar-refractivity contribution in [3.8, 4) is 0 Å². The Morgan fingerprint density at radius 2 is 1.60 bits per heavy atom. The van der Waals surface area contributed by atoms with Gasteiger partial charge in [0.25, 0.3) is 0 Å². The molecule has 0 radical (unpaired) electrons. The van der Waals surface area contributed by atoms with Crippen molar-refractivity contribution in [3.05, 3.63) is 11.2 Å². The van der Waals surface area contributed by atoms with Crippen LogP contribution in [0, 0.1) is 0 Å². The Kier molecular flexibility index (Phi) is 6.73. The topological polar surface area (TPSA) is 50.7 Å². The van der Waals surface area contributed by atoms with Crippen LogP contribution in [0.5, 0.6) is 0 Å². The van der Waals surface area contributed by atoms with Gasteiger partial charge in [0.05, 0.1) is 18.4 Å². The van der Waals surface area contributed by atoms with E-state index in [1.165, 1.54) is 12.8 Å². The summed E-state index contributed by atoms with van der Waals surface area (Å²) in [6.45, 7) is 3.31. The first-order valence-electron chi connectivity index (χ1n) is 9.31. The molecule has 0 spiro atoms. The normalized spacial score (nSPS) is 24.1. The lowest BCUT2D eigenvalue weighted by Gasteiger charge is -2.30. The molecule has 0 N–H and O–H groups in total. The van der Waals surface area contributed by atoms with Crippen LogP contribution in [-0.4, -0.2) is 62.6 Å². The summed E-state index contributed by atoms with van der Waals surface area (Å²) in [7, 11) is 4.02. The number of likely N-dealkylation sites (N-methyl/N-ethyl adjacent to an activating group) is 2. The number of halogens is 1. The van der Waals surface area contributed by atoms with Gasteiger partial charge in [-0.15, -0.1) is 0 Å². The molecule has 6 nitrogen and oxygen atoms in total. The predicted octanol–water partition coefficient (Wildman–Crippen LogP) is 3.14. The van der Waals surface area contributed by atoms with Gasteiger partial charge in [-0.2, -0.15) is 4.98 Å². The van der Waals surface area contributed by atoms with Crippen LogP contribution in [-0.2, 0) is 9.47 Å². The highest BCUT2D eigenvalue weighted by Crippen LogP contribution is 2.26. The van der Waals surface area contributed by atoms with Crippen LogP contribution in [0.25, 0.3) is 0 Å². The SMILES string of the molecule is CN(C[C@@H]1CCCCO1)c1ncc(Cl)c(N(C)C[C@@H]2CCCCO2)n1. The molecule has 140 valence electrons. The second-order valence-electron chi connectivity index (χ2n) is 7.08. The Morgan fingerprint density at radius 3 is 2.16 bits per heavy atom. The third-order valence-corrected chi connectivity index (χ3v) is 5.19. The first kappa shape index (κ1) is 18.7. The fourth-order valence-corrected chi connectivity index (χ4v) is 3.72. The van der Waals surface area contributed by atoms with Crippen molar-refractivity contribution in [1.82, 2.24) is 9.97 Å². The fraction of sp³-hybridized carbons (Fsp3) is 0.778. The zero-order chi connectivity index (χ0) is 17.6. The number of rotatable bonds is 6. The van der Waals surface area contributed by atoms with Gasteiger partial charge in [0.1, 0.15) is 5.02 Å². The minimum absolute atomic E-state index is 0.251. The van der Waals surface area contributed by atoms with Gasteiger partial charge in [-0.1, -0.05) is 11.6 Å². The number of aromatic nitrogens is 2. The van der Waals surface area contributed by atoms with Gasteiger partial charge < -0.3 is 19.3 Å². The van der Waals surface area contributed by atoms with E-state index in [2.05, 4.69) is 14.8 Å². The van der Waals surface area contributed by atoms with Gasteiger partial charge in [0.2, 0.25) is 5.95 Å². The third kappa shape index (κ3) is 5.19. The average molecular weight is 369 g/mol. The maximum Gasteiger partial charge on any atom is 0.227 e. The summed E-state index contributed by atoms with van der Waals surface area (Å²) in [6, 6.07) is 0. The van der Waals surface area contributed by atoms with Crippen LogP contribution in [0.2, 0.25) is 5.02 Å². The smallest absolute Gasteiger partial charge is 0.227 e. The average Bonchev–Trinajstić information content (AvgIpc) is 2.63. The van der Waals surface area contributed by atoms with Crippen LogP contribution in [0.4, 0.5) is 11.8 Å². The van der Waals surface area contributed by atoms with Crippen LogP contribution in [0.3, 0.4) is 0 Å². The van der Waals surface area contributed by atoms with E-state index >= 15 is 0 Å². The van der Waals surface area contributed by atoms with Crippen molar-refractivity contribution in [1.29, 1.82) is 0 Å². The quantitative estimate of drug-likeness (QED) is 0.768.